The molecule has 0 radical (unpaired) electrons. The van der Waals surface area contributed by atoms with Crippen molar-refractivity contribution in [3.8, 4) is 5.75 Å². The average molecular weight is 415 g/mol. The number of amides is 1. The van der Waals surface area contributed by atoms with Gasteiger partial charge in [0.25, 0.3) is 5.91 Å². The minimum Gasteiger partial charge on any atom is -0.497 e. The maximum absolute atomic E-state index is 12.5. The number of likely N-dealkylation sites (tertiary alicyclic amines) is 1. The number of hydrogen-bond donors (Lipinski definition) is 3. The number of piperidine rings is 1. The summed E-state index contributed by atoms with van der Waals surface area (Å²) in [6.45, 7) is 1.91. The summed E-state index contributed by atoms with van der Waals surface area (Å²) in [6, 6.07) is 15.8. The lowest BCUT2D eigenvalue weighted by Gasteiger charge is -2.35. The third kappa shape index (κ3) is 4.90. The van der Waals surface area contributed by atoms with Crippen molar-refractivity contribution in [1.82, 2.24) is 21.1 Å². The van der Waals surface area contributed by atoms with Crippen LogP contribution >= 0.6 is 11.6 Å². The number of halogens is 1. The maximum atomic E-state index is 12.5. The molecule has 2 atom stereocenters. The predicted octanol–water partition coefficient (Wildman–Crippen LogP) is 3.11. The van der Waals surface area contributed by atoms with Crippen LogP contribution in [0.3, 0.4) is 0 Å². The van der Waals surface area contributed by atoms with Crippen LogP contribution in [0.4, 0.5) is 0 Å². The van der Waals surface area contributed by atoms with Gasteiger partial charge in [0.05, 0.1) is 13.3 Å². The number of carbonyl (C=O) groups is 1. The largest absolute Gasteiger partial charge is 0.497 e. The zero-order chi connectivity index (χ0) is 20.2. The van der Waals surface area contributed by atoms with Crippen LogP contribution in [0.25, 0.3) is 0 Å². The maximum Gasteiger partial charge on any atom is 0.251 e. The number of nitrogens with zero attached hydrogens (tertiary/aromatic N) is 1. The molecule has 2 aromatic rings. The molecule has 6 nitrogen and oxygen atoms in total. The van der Waals surface area contributed by atoms with Gasteiger partial charge in [-0.3, -0.25) is 9.69 Å². The van der Waals surface area contributed by atoms with E-state index in [-0.39, 0.29) is 18.0 Å². The second kappa shape index (κ2) is 9.13. The molecule has 0 aromatic heterocycles. The number of carbonyl (C=O) groups excluding carboxylic acids is 1. The van der Waals surface area contributed by atoms with Gasteiger partial charge in [0, 0.05) is 35.8 Å². The Morgan fingerprint density at radius 2 is 1.90 bits per heavy atom. The van der Waals surface area contributed by atoms with Gasteiger partial charge in [-0.25, -0.2) is 10.9 Å². The van der Waals surface area contributed by atoms with Crippen LogP contribution in [0.5, 0.6) is 5.75 Å². The van der Waals surface area contributed by atoms with Crippen molar-refractivity contribution in [2.24, 2.45) is 0 Å². The van der Waals surface area contributed by atoms with Crippen molar-refractivity contribution in [2.75, 3.05) is 20.2 Å². The van der Waals surface area contributed by atoms with Gasteiger partial charge in [-0.1, -0.05) is 29.8 Å². The Hall–Kier alpha value is -2.12. The molecule has 3 N–H and O–H groups in total. The number of ether oxygens (including phenoxy) is 1. The van der Waals surface area contributed by atoms with Gasteiger partial charge in [0.1, 0.15) is 5.75 Å². The summed E-state index contributed by atoms with van der Waals surface area (Å²) in [5.41, 5.74) is 8.70. The number of rotatable bonds is 5. The summed E-state index contributed by atoms with van der Waals surface area (Å²) in [6.07, 6.45) is 3.19. The van der Waals surface area contributed by atoms with Gasteiger partial charge in [0.2, 0.25) is 0 Å². The van der Waals surface area contributed by atoms with Crippen LogP contribution in [-0.4, -0.2) is 43.2 Å². The first-order chi connectivity index (χ1) is 14.1. The number of nitrogens with one attached hydrogen (secondary N) is 3. The summed E-state index contributed by atoms with van der Waals surface area (Å²) in [5.74, 6) is 0.660. The quantitative estimate of drug-likeness (QED) is 0.701. The summed E-state index contributed by atoms with van der Waals surface area (Å²) in [7, 11) is 1.61. The standard InChI is InChI=1S/C22H27ClN4O2/c1-29-19-4-2-3-16(13-19)22(28)24-18-9-11-27(12-10-18)21-14-20(25-26-21)15-5-7-17(23)8-6-15/h2-8,13,18,20-21,25-26H,9-12,14H2,1H3,(H,24,28). The van der Waals surface area contributed by atoms with E-state index in [9.17, 15) is 4.79 Å². The van der Waals surface area contributed by atoms with E-state index in [2.05, 4.69) is 33.2 Å². The molecule has 2 saturated heterocycles. The fourth-order valence-electron chi connectivity index (χ4n) is 4.08. The normalized spacial score (nSPS) is 23.1. The van der Waals surface area contributed by atoms with Crippen molar-refractivity contribution in [3.05, 3.63) is 64.7 Å². The van der Waals surface area contributed by atoms with E-state index in [1.807, 2.05) is 30.3 Å². The first-order valence-electron chi connectivity index (χ1n) is 10.1. The number of benzene rings is 2. The molecule has 29 heavy (non-hydrogen) atoms. The summed E-state index contributed by atoms with van der Waals surface area (Å²) in [4.78, 5) is 15.0. The summed E-state index contributed by atoms with van der Waals surface area (Å²) >= 11 is 5.99. The molecule has 0 aliphatic carbocycles. The topological polar surface area (TPSA) is 65.6 Å². The first kappa shape index (κ1) is 20.2. The Morgan fingerprint density at radius 3 is 2.62 bits per heavy atom. The molecule has 2 aromatic carbocycles. The number of methoxy groups -OCH3 is 1. The first-order valence-corrected chi connectivity index (χ1v) is 10.5. The minimum absolute atomic E-state index is 0.0363. The van der Waals surface area contributed by atoms with Gasteiger partial charge in [-0.05, 0) is 55.2 Å². The molecular formula is C22H27ClN4O2. The SMILES string of the molecule is COc1cccc(C(=O)NC2CCN(C3CC(c4ccc(Cl)cc4)NN3)CC2)c1. The Morgan fingerprint density at radius 1 is 1.14 bits per heavy atom. The molecule has 0 bridgehead atoms. The van der Waals surface area contributed by atoms with Crippen LogP contribution in [0, 0.1) is 0 Å². The van der Waals surface area contributed by atoms with Gasteiger partial charge in [-0.2, -0.15) is 0 Å². The highest BCUT2D eigenvalue weighted by atomic mass is 35.5. The molecule has 2 unspecified atom stereocenters. The Bertz CT molecular complexity index is 837. The molecule has 0 saturated carbocycles. The van der Waals surface area contributed by atoms with E-state index in [1.54, 1.807) is 13.2 Å². The van der Waals surface area contributed by atoms with Crippen molar-refractivity contribution in [3.63, 3.8) is 0 Å². The smallest absolute Gasteiger partial charge is 0.251 e. The van der Waals surface area contributed by atoms with Crippen LogP contribution < -0.4 is 20.9 Å². The van der Waals surface area contributed by atoms with Gasteiger partial charge in [-0.15, -0.1) is 0 Å². The molecule has 2 aliphatic rings. The highest BCUT2D eigenvalue weighted by molar-refractivity contribution is 6.30. The van der Waals surface area contributed by atoms with E-state index in [1.165, 1.54) is 5.56 Å². The zero-order valence-electron chi connectivity index (χ0n) is 16.5. The lowest BCUT2D eigenvalue weighted by Crippen LogP contribution is -2.51. The lowest BCUT2D eigenvalue weighted by molar-refractivity contribution is 0.0879. The summed E-state index contributed by atoms with van der Waals surface area (Å²) in [5, 5.41) is 3.93. The molecule has 154 valence electrons. The Kier molecular flexibility index (Phi) is 6.35. The number of hydrazine groups is 1. The van der Waals surface area contributed by atoms with Crippen LogP contribution in [0.15, 0.2) is 48.5 Å². The highest BCUT2D eigenvalue weighted by Gasteiger charge is 2.32. The monoisotopic (exact) mass is 414 g/mol. The zero-order valence-corrected chi connectivity index (χ0v) is 17.3. The molecule has 7 heteroatoms. The third-order valence-corrected chi connectivity index (χ3v) is 6.04. The fourth-order valence-corrected chi connectivity index (χ4v) is 4.21. The fraction of sp³-hybridized carbons (Fsp3) is 0.409. The molecule has 4 rings (SSSR count). The lowest BCUT2D eigenvalue weighted by atomic mass is 10.0. The molecule has 1 amide bonds. The van der Waals surface area contributed by atoms with Crippen LogP contribution in [0.2, 0.25) is 5.02 Å². The van der Waals surface area contributed by atoms with Gasteiger partial charge >= 0.3 is 0 Å². The van der Waals surface area contributed by atoms with Gasteiger partial charge < -0.3 is 10.1 Å². The summed E-state index contributed by atoms with van der Waals surface area (Å²) < 4.78 is 5.21. The van der Waals surface area contributed by atoms with E-state index in [0.717, 1.165) is 37.4 Å². The van der Waals surface area contributed by atoms with Crippen molar-refractivity contribution >= 4 is 17.5 Å². The minimum atomic E-state index is -0.0363. The predicted molar refractivity (Wildman–Crippen MR) is 114 cm³/mol. The molecule has 2 aliphatic heterocycles. The van der Waals surface area contributed by atoms with E-state index in [0.29, 0.717) is 17.5 Å². The highest BCUT2D eigenvalue weighted by Crippen LogP contribution is 2.26. The van der Waals surface area contributed by atoms with Crippen LogP contribution in [-0.2, 0) is 0 Å². The van der Waals surface area contributed by atoms with E-state index >= 15 is 0 Å². The number of hydrogen-bond acceptors (Lipinski definition) is 5. The van der Waals surface area contributed by atoms with Crippen molar-refractivity contribution in [2.45, 2.75) is 37.5 Å². The van der Waals surface area contributed by atoms with Crippen molar-refractivity contribution < 1.29 is 9.53 Å². The van der Waals surface area contributed by atoms with Gasteiger partial charge in [0.15, 0.2) is 0 Å². The average Bonchev–Trinajstić information content (AvgIpc) is 3.25. The third-order valence-electron chi connectivity index (χ3n) is 5.79. The van der Waals surface area contributed by atoms with Crippen molar-refractivity contribution in [1.29, 1.82) is 0 Å². The Balaban J connectivity index is 1.26. The molecule has 2 fully saturated rings. The molecule has 0 spiro atoms. The second-order valence-corrected chi connectivity index (χ2v) is 8.10. The second-order valence-electron chi connectivity index (χ2n) is 7.66. The molecular weight excluding hydrogens is 388 g/mol. The van der Waals surface area contributed by atoms with E-state index < -0.39 is 0 Å². The Labute approximate surface area is 176 Å². The molecule has 2 heterocycles. The van der Waals surface area contributed by atoms with E-state index in [4.69, 9.17) is 16.3 Å². The van der Waals surface area contributed by atoms with Crippen LogP contribution in [0.1, 0.15) is 41.2 Å².